The Morgan fingerprint density at radius 1 is 1.21 bits per heavy atom. The minimum absolute atomic E-state index is 0.705. The molecule has 1 unspecified atom stereocenters. The molecule has 1 fully saturated rings. The Morgan fingerprint density at radius 2 is 1.95 bits per heavy atom. The Hall–Kier alpha value is -0.860. The Bertz CT molecular complexity index is 390. The van der Waals surface area contributed by atoms with Crippen LogP contribution in [0.15, 0.2) is 24.3 Å². The molecule has 2 heteroatoms. The van der Waals surface area contributed by atoms with Crippen LogP contribution >= 0.6 is 0 Å². The molecule has 1 N–H and O–H groups in total. The minimum Gasteiger partial charge on any atom is -0.313 e. The quantitative estimate of drug-likeness (QED) is 0.896. The summed E-state index contributed by atoms with van der Waals surface area (Å²) in [6.07, 6.45) is 6.42. The highest BCUT2D eigenvalue weighted by Gasteiger charge is 2.28. The second-order valence-electron chi connectivity index (χ2n) is 6.12. The van der Waals surface area contributed by atoms with E-state index >= 15 is 0 Å². The summed E-state index contributed by atoms with van der Waals surface area (Å²) in [5, 5.41) is 3.72. The number of hydrogen-bond acceptors (Lipinski definition) is 2. The molecule has 0 spiro atoms. The van der Waals surface area contributed by atoms with Gasteiger partial charge in [-0.3, -0.25) is 4.90 Å². The molecule has 0 radical (unpaired) electrons. The molecule has 104 valence electrons. The maximum Gasteiger partial charge on any atom is 0.0195 e. The van der Waals surface area contributed by atoms with Crippen LogP contribution in [-0.2, 0) is 12.8 Å². The normalized spacial score (nSPS) is 25.2. The molecule has 1 aromatic carbocycles. The number of benzene rings is 1. The van der Waals surface area contributed by atoms with Crippen LogP contribution in [-0.4, -0.2) is 36.6 Å². The van der Waals surface area contributed by atoms with Crippen LogP contribution in [0.2, 0.25) is 0 Å². The van der Waals surface area contributed by atoms with Crippen molar-refractivity contribution in [2.75, 3.05) is 19.6 Å². The van der Waals surface area contributed by atoms with Crippen LogP contribution in [0.5, 0.6) is 0 Å². The minimum atomic E-state index is 0.705. The average Bonchev–Trinajstić information content (AvgIpc) is 2.72. The van der Waals surface area contributed by atoms with E-state index in [1.54, 1.807) is 11.1 Å². The first-order valence-corrected chi connectivity index (χ1v) is 7.91. The number of fused-ring (bicyclic) bond motifs is 1. The van der Waals surface area contributed by atoms with E-state index in [-0.39, 0.29) is 0 Å². The fraction of sp³-hybridized carbons (Fsp3) is 0.647. The van der Waals surface area contributed by atoms with E-state index in [0.717, 1.165) is 6.04 Å². The lowest BCUT2D eigenvalue weighted by Crippen LogP contribution is -2.43. The van der Waals surface area contributed by atoms with Gasteiger partial charge in [0.2, 0.25) is 0 Å². The molecule has 1 heterocycles. The van der Waals surface area contributed by atoms with E-state index in [4.69, 9.17) is 0 Å². The van der Waals surface area contributed by atoms with Crippen molar-refractivity contribution in [3.8, 4) is 0 Å². The summed E-state index contributed by atoms with van der Waals surface area (Å²) in [6, 6.07) is 10.5. The SMILES string of the molecule is CCCC1CN(C2Cc3ccccc3C2)CCCN1. The van der Waals surface area contributed by atoms with E-state index in [2.05, 4.69) is 41.4 Å². The van der Waals surface area contributed by atoms with E-state index in [0.29, 0.717) is 6.04 Å². The zero-order chi connectivity index (χ0) is 13.1. The lowest BCUT2D eigenvalue weighted by Gasteiger charge is -2.29. The lowest BCUT2D eigenvalue weighted by molar-refractivity contribution is 0.195. The Balaban J connectivity index is 1.66. The van der Waals surface area contributed by atoms with Gasteiger partial charge in [0.25, 0.3) is 0 Å². The molecule has 1 atom stereocenters. The summed E-state index contributed by atoms with van der Waals surface area (Å²) >= 11 is 0. The summed E-state index contributed by atoms with van der Waals surface area (Å²) in [6.45, 7) is 6.00. The molecule has 3 rings (SSSR count). The topological polar surface area (TPSA) is 15.3 Å². The number of nitrogens with zero attached hydrogens (tertiary/aromatic N) is 1. The van der Waals surface area contributed by atoms with E-state index < -0.39 is 0 Å². The predicted molar refractivity (Wildman–Crippen MR) is 80.5 cm³/mol. The fourth-order valence-electron chi connectivity index (χ4n) is 3.69. The summed E-state index contributed by atoms with van der Waals surface area (Å²) in [5.74, 6) is 0. The van der Waals surface area contributed by atoms with Crippen LogP contribution < -0.4 is 5.32 Å². The van der Waals surface area contributed by atoms with Gasteiger partial charge in [0.05, 0.1) is 0 Å². The molecule has 1 aliphatic carbocycles. The van der Waals surface area contributed by atoms with Gasteiger partial charge in [-0.05, 0) is 49.9 Å². The molecule has 0 saturated carbocycles. The van der Waals surface area contributed by atoms with Crippen molar-refractivity contribution in [2.24, 2.45) is 0 Å². The molecule has 2 aliphatic rings. The van der Waals surface area contributed by atoms with Gasteiger partial charge in [0.1, 0.15) is 0 Å². The van der Waals surface area contributed by atoms with Crippen molar-refractivity contribution in [3.63, 3.8) is 0 Å². The summed E-state index contributed by atoms with van der Waals surface area (Å²) < 4.78 is 0. The second kappa shape index (κ2) is 6.06. The third kappa shape index (κ3) is 3.01. The van der Waals surface area contributed by atoms with Crippen LogP contribution in [0.1, 0.15) is 37.3 Å². The molecule has 1 aliphatic heterocycles. The summed E-state index contributed by atoms with van der Waals surface area (Å²) in [5.41, 5.74) is 3.16. The first-order chi connectivity index (χ1) is 9.36. The summed E-state index contributed by atoms with van der Waals surface area (Å²) in [4.78, 5) is 2.75. The molecular weight excluding hydrogens is 232 g/mol. The van der Waals surface area contributed by atoms with Crippen LogP contribution in [0.3, 0.4) is 0 Å². The monoisotopic (exact) mass is 258 g/mol. The van der Waals surface area contributed by atoms with Crippen molar-refractivity contribution in [3.05, 3.63) is 35.4 Å². The first kappa shape index (κ1) is 13.1. The van der Waals surface area contributed by atoms with Gasteiger partial charge < -0.3 is 5.32 Å². The molecule has 0 aromatic heterocycles. The Morgan fingerprint density at radius 3 is 2.63 bits per heavy atom. The smallest absolute Gasteiger partial charge is 0.0195 e. The summed E-state index contributed by atoms with van der Waals surface area (Å²) in [7, 11) is 0. The van der Waals surface area contributed by atoms with Crippen molar-refractivity contribution in [1.29, 1.82) is 0 Å². The van der Waals surface area contributed by atoms with E-state index in [1.165, 1.54) is 51.7 Å². The molecule has 19 heavy (non-hydrogen) atoms. The molecule has 0 amide bonds. The number of hydrogen-bond donors (Lipinski definition) is 1. The molecule has 0 bridgehead atoms. The van der Waals surface area contributed by atoms with Crippen LogP contribution in [0.4, 0.5) is 0 Å². The highest BCUT2D eigenvalue weighted by atomic mass is 15.2. The highest BCUT2D eigenvalue weighted by molar-refractivity contribution is 5.33. The fourth-order valence-corrected chi connectivity index (χ4v) is 3.69. The van der Waals surface area contributed by atoms with Gasteiger partial charge in [-0.1, -0.05) is 37.6 Å². The van der Waals surface area contributed by atoms with Crippen molar-refractivity contribution in [2.45, 2.75) is 51.1 Å². The van der Waals surface area contributed by atoms with Gasteiger partial charge in [-0.25, -0.2) is 0 Å². The Labute approximate surface area is 117 Å². The Kier molecular flexibility index (Phi) is 4.19. The maximum absolute atomic E-state index is 3.72. The van der Waals surface area contributed by atoms with Gasteiger partial charge in [0.15, 0.2) is 0 Å². The van der Waals surface area contributed by atoms with Crippen molar-refractivity contribution >= 4 is 0 Å². The number of nitrogens with one attached hydrogen (secondary N) is 1. The predicted octanol–water partition coefficient (Wildman–Crippen LogP) is 2.62. The van der Waals surface area contributed by atoms with Crippen LogP contribution in [0, 0.1) is 0 Å². The third-order valence-corrected chi connectivity index (χ3v) is 4.69. The third-order valence-electron chi connectivity index (χ3n) is 4.69. The molecule has 2 nitrogen and oxygen atoms in total. The molecule has 1 saturated heterocycles. The van der Waals surface area contributed by atoms with E-state index in [9.17, 15) is 0 Å². The van der Waals surface area contributed by atoms with Gasteiger partial charge in [-0.15, -0.1) is 0 Å². The van der Waals surface area contributed by atoms with Gasteiger partial charge in [-0.2, -0.15) is 0 Å². The van der Waals surface area contributed by atoms with Crippen molar-refractivity contribution in [1.82, 2.24) is 10.2 Å². The largest absolute Gasteiger partial charge is 0.313 e. The highest BCUT2D eigenvalue weighted by Crippen LogP contribution is 2.26. The standard InChI is InChI=1S/C17H26N2/c1-2-6-16-13-19(10-5-9-18-16)17-11-14-7-3-4-8-15(14)12-17/h3-4,7-8,16-18H,2,5-6,9-13H2,1H3. The van der Waals surface area contributed by atoms with Gasteiger partial charge in [0, 0.05) is 18.6 Å². The van der Waals surface area contributed by atoms with Crippen LogP contribution in [0.25, 0.3) is 0 Å². The molecule has 1 aromatic rings. The number of rotatable bonds is 3. The second-order valence-corrected chi connectivity index (χ2v) is 6.12. The lowest BCUT2D eigenvalue weighted by atomic mass is 10.1. The average molecular weight is 258 g/mol. The van der Waals surface area contributed by atoms with Gasteiger partial charge >= 0.3 is 0 Å². The van der Waals surface area contributed by atoms with Crippen molar-refractivity contribution < 1.29 is 0 Å². The zero-order valence-corrected chi connectivity index (χ0v) is 12.1. The first-order valence-electron chi connectivity index (χ1n) is 7.91. The maximum atomic E-state index is 3.72. The molecular formula is C17H26N2. The van der Waals surface area contributed by atoms with E-state index in [1.807, 2.05) is 0 Å². The zero-order valence-electron chi connectivity index (χ0n) is 12.1.